The molecule has 1 saturated carbocycles. The van der Waals surface area contributed by atoms with E-state index in [1.54, 1.807) is 11.8 Å². The third kappa shape index (κ3) is 6.10. The van der Waals surface area contributed by atoms with Crippen LogP contribution in [0.3, 0.4) is 0 Å². The molecule has 0 bridgehead atoms. The van der Waals surface area contributed by atoms with Gasteiger partial charge >= 0.3 is 5.97 Å². The van der Waals surface area contributed by atoms with Gasteiger partial charge in [-0.2, -0.15) is 0 Å². The number of hydrogen-bond donors (Lipinski definition) is 0. The molecule has 3 nitrogen and oxygen atoms in total. The van der Waals surface area contributed by atoms with Gasteiger partial charge < -0.3 is 4.74 Å². The topological polar surface area (TPSA) is 43.4 Å². The minimum Gasteiger partial charge on any atom is -0.434 e. The van der Waals surface area contributed by atoms with Gasteiger partial charge in [0.15, 0.2) is 5.78 Å². The van der Waals surface area contributed by atoms with E-state index in [2.05, 4.69) is 12.1 Å². The van der Waals surface area contributed by atoms with Gasteiger partial charge in [0.1, 0.15) is 6.26 Å². The maximum absolute atomic E-state index is 13.0. The Bertz CT molecular complexity index is 819. The first kappa shape index (κ1) is 20.4. The van der Waals surface area contributed by atoms with Gasteiger partial charge in [-0.15, -0.1) is 0 Å². The summed E-state index contributed by atoms with van der Waals surface area (Å²) in [5, 5.41) is 0. The normalized spacial score (nSPS) is 15.2. The Kier molecular flexibility index (Phi) is 7.49. The molecule has 1 aliphatic carbocycles. The van der Waals surface area contributed by atoms with Crippen LogP contribution in [0.1, 0.15) is 55.8 Å². The van der Waals surface area contributed by atoms with E-state index in [1.165, 1.54) is 32.4 Å². The van der Waals surface area contributed by atoms with Crippen LogP contribution < -0.4 is 0 Å². The third-order valence-electron chi connectivity index (χ3n) is 4.99. The molecule has 4 heteroatoms. The number of allylic oxidation sites excluding steroid dienone is 1. The van der Waals surface area contributed by atoms with Gasteiger partial charge in [0.2, 0.25) is 0 Å². The second-order valence-corrected chi connectivity index (χ2v) is 8.38. The first-order chi connectivity index (χ1) is 13.6. The highest BCUT2D eigenvalue weighted by atomic mass is 32.2. The Labute approximate surface area is 171 Å². The summed E-state index contributed by atoms with van der Waals surface area (Å²) in [5.74, 6) is 0.0408. The van der Waals surface area contributed by atoms with Crippen LogP contribution in [-0.2, 0) is 9.53 Å². The van der Waals surface area contributed by atoms with Crippen LogP contribution in [0.15, 0.2) is 76.2 Å². The highest BCUT2D eigenvalue weighted by Gasteiger charge is 2.20. The standard InChI is InChI=1S/C24H26O3S/c1-18(25)27-17-21(16-19-8-4-2-5-9-19)24(26)20-12-14-23(15-13-20)28-22-10-6-3-7-11-22/h3,6-7,10-15,17,19H,2,4-5,8-9,16H2,1H3. The number of ketones is 1. The molecule has 2 aromatic rings. The fourth-order valence-electron chi connectivity index (χ4n) is 3.54. The number of carbonyl (C=O) groups excluding carboxylic acids is 2. The van der Waals surface area contributed by atoms with Gasteiger partial charge in [-0.05, 0) is 48.7 Å². The van der Waals surface area contributed by atoms with Crippen LogP contribution in [-0.4, -0.2) is 11.8 Å². The maximum atomic E-state index is 13.0. The number of Topliss-reactive ketones (excluding diaryl/α,β-unsaturated/α-hetero) is 1. The molecular formula is C24H26O3S. The molecule has 0 aromatic heterocycles. The number of esters is 1. The Balaban J connectivity index is 1.71. The van der Waals surface area contributed by atoms with Gasteiger partial charge in [-0.1, -0.05) is 62.1 Å². The molecule has 2 aromatic carbocycles. The first-order valence-electron chi connectivity index (χ1n) is 9.86. The Morgan fingerprint density at radius 3 is 2.25 bits per heavy atom. The summed E-state index contributed by atoms with van der Waals surface area (Å²) in [6.07, 6.45) is 8.01. The molecule has 0 unspecified atom stereocenters. The molecule has 28 heavy (non-hydrogen) atoms. The van der Waals surface area contributed by atoms with Crippen LogP contribution in [0.4, 0.5) is 0 Å². The Morgan fingerprint density at radius 2 is 1.61 bits per heavy atom. The summed E-state index contributed by atoms with van der Waals surface area (Å²) in [6, 6.07) is 17.8. The molecule has 0 heterocycles. The minimum absolute atomic E-state index is 0.0527. The molecule has 0 N–H and O–H groups in total. The van der Waals surface area contributed by atoms with Gasteiger partial charge in [0.05, 0.1) is 0 Å². The van der Waals surface area contributed by atoms with E-state index < -0.39 is 5.97 Å². The molecular weight excluding hydrogens is 368 g/mol. The van der Waals surface area contributed by atoms with Crippen molar-refractivity contribution >= 4 is 23.5 Å². The fraction of sp³-hybridized carbons (Fsp3) is 0.333. The zero-order valence-corrected chi connectivity index (χ0v) is 17.0. The summed E-state index contributed by atoms with van der Waals surface area (Å²) in [6.45, 7) is 1.36. The van der Waals surface area contributed by atoms with Crippen LogP contribution in [0.2, 0.25) is 0 Å². The molecule has 0 atom stereocenters. The molecule has 1 aliphatic rings. The molecule has 0 spiro atoms. The van der Waals surface area contributed by atoms with Crippen LogP contribution >= 0.6 is 11.8 Å². The number of carbonyl (C=O) groups is 2. The monoisotopic (exact) mass is 394 g/mol. The van der Waals surface area contributed by atoms with E-state index in [0.717, 1.165) is 22.6 Å². The Morgan fingerprint density at radius 1 is 0.964 bits per heavy atom. The quantitative estimate of drug-likeness (QED) is 0.235. The van der Waals surface area contributed by atoms with Crippen molar-refractivity contribution in [2.75, 3.05) is 0 Å². The first-order valence-corrected chi connectivity index (χ1v) is 10.7. The van der Waals surface area contributed by atoms with Gasteiger partial charge in [-0.3, -0.25) is 9.59 Å². The van der Waals surface area contributed by atoms with Crippen LogP contribution in [0.25, 0.3) is 0 Å². The summed E-state index contributed by atoms with van der Waals surface area (Å²) in [7, 11) is 0. The number of ether oxygens (including phenoxy) is 1. The zero-order valence-electron chi connectivity index (χ0n) is 16.2. The maximum Gasteiger partial charge on any atom is 0.307 e. The number of rotatable bonds is 7. The van der Waals surface area contributed by atoms with Crippen molar-refractivity contribution in [1.82, 2.24) is 0 Å². The molecule has 146 valence electrons. The predicted octanol–water partition coefficient (Wildman–Crippen LogP) is 6.44. The van der Waals surface area contributed by atoms with Crippen LogP contribution in [0, 0.1) is 5.92 Å². The van der Waals surface area contributed by atoms with Gasteiger partial charge in [0, 0.05) is 27.9 Å². The van der Waals surface area contributed by atoms with E-state index in [9.17, 15) is 9.59 Å². The molecule has 0 aliphatic heterocycles. The molecule has 1 fully saturated rings. The second-order valence-electron chi connectivity index (χ2n) is 7.23. The van der Waals surface area contributed by atoms with Crippen molar-refractivity contribution in [2.45, 2.75) is 55.2 Å². The van der Waals surface area contributed by atoms with E-state index in [4.69, 9.17) is 4.74 Å². The molecule has 0 saturated heterocycles. The molecule has 3 rings (SSSR count). The average molecular weight is 395 g/mol. The lowest BCUT2D eigenvalue weighted by Gasteiger charge is -2.22. The lowest BCUT2D eigenvalue weighted by Crippen LogP contribution is -2.13. The SMILES string of the molecule is CC(=O)OC=C(CC1CCCCC1)C(=O)c1ccc(Sc2ccccc2)cc1. The van der Waals surface area contributed by atoms with E-state index in [0.29, 0.717) is 23.5 Å². The largest absolute Gasteiger partial charge is 0.434 e. The minimum atomic E-state index is -0.399. The van der Waals surface area contributed by atoms with Crippen molar-refractivity contribution in [2.24, 2.45) is 5.92 Å². The smallest absolute Gasteiger partial charge is 0.307 e. The summed E-state index contributed by atoms with van der Waals surface area (Å²) < 4.78 is 5.07. The molecule has 0 radical (unpaired) electrons. The van der Waals surface area contributed by atoms with Crippen molar-refractivity contribution in [3.05, 3.63) is 72.0 Å². The highest BCUT2D eigenvalue weighted by Crippen LogP contribution is 2.31. The van der Waals surface area contributed by atoms with E-state index >= 15 is 0 Å². The second kappa shape index (κ2) is 10.3. The summed E-state index contributed by atoms with van der Waals surface area (Å²) in [5.41, 5.74) is 1.22. The molecule has 0 amide bonds. The Hall–Kier alpha value is -2.33. The summed E-state index contributed by atoms with van der Waals surface area (Å²) >= 11 is 1.66. The number of hydrogen-bond acceptors (Lipinski definition) is 4. The number of benzene rings is 2. The highest BCUT2D eigenvalue weighted by molar-refractivity contribution is 7.99. The van der Waals surface area contributed by atoms with E-state index in [1.807, 2.05) is 42.5 Å². The lowest BCUT2D eigenvalue weighted by molar-refractivity contribution is -0.135. The zero-order chi connectivity index (χ0) is 19.8. The predicted molar refractivity (Wildman–Crippen MR) is 112 cm³/mol. The van der Waals surface area contributed by atoms with Crippen molar-refractivity contribution in [3.63, 3.8) is 0 Å². The average Bonchev–Trinajstić information content (AvgIpc) is 2.72. The van der Waals surface area contributed by atoms with Crippen molar-refractivity contribution < 1.29 is 14.3 Å². The van der Waals surface area contributed by atoms with Gasteiger partial charge in [-0.25, -0.2) is 0 Å². The van der Waals surface area contributed by atoms with Crippen molar-refractivity contribution in [1.29, 1.82) is 0 Å². The van der Waals surface area contributed by atoms with E-state index in [-0.39, 0.29) is 5.78 Å². The summed E-state index contributed by atoms with van der Waals surface area (Å²) in [4.78, 5) is 26.5. The van der Waals surface area contributed by atoms with Crippen molar-refractivity contribution in [3.8, 4) is 0 Å². The lowest BCUT2D eigenvalue weighted by atomic mass is 9.83. The van der Waals surface area contributed by atoms with Crippen LogP contribution in [0.5, 0.6) is 0 Å². The third-order valence-corrected chi connectivity index (χ3v) is 6.00. The van der Waals surface area contributed by atoms with Gasteiger partial charge in [0.25, 0.3) is 0 Å². The fourth-order valence-corrected chi connectivity index (χ4v) is 4.37.